The number of hydrogen-bond donors (Lipinski definition) is 0. The van der Waals surface area contributed by atoms with Gasteiger partial charge in [-0.3, -0.25) is 0 Å². The summed E-state index contributed by atoms with van der Waals surface area (Å²) >= 11 is 12.0. The summed E-state index contributed by atoms with van der Waals surface area (Å²) in [6.45, 7) is 3.84. The van der Waals surface area contributed by atoms with Crippen molar-refractivity contribution in [2.75, 3.05) is 13.2 Å². The van der Waals surface area contributed by atoms with Gasteiger partial charge in [0.1, 0.15) is 0 Å². The molecule has 1 aromatic carbocycles. The van der Waals surface area contributed by atoms with Crippen LogP contribution >= 0.6 is 23.2 Å². The number of benzene rings is 1. The van der Waals surface area contributed by atoms with Crippen molar-refractivity contribution in [3.8, 4) is 0 Å². The van der Waals surface area contributed by atoms with Gasteiger partial charge in [0.25, 0.3) is 5.79 Å². The highest BCUT2D eigenvalue weighted by molar-refractivity contribution is 6.42. The van der Waals surface area contributed by atoms with Crippen LogP contribution in [0.3, 0.4) is 0 Å². The van der Waals surface area contributed by atoms with Crippen LogP contribution in [0.2, 0.25) is 10.0 Å². The third kappa shape index (κ3) is 3.06. The van der Waals surface area contributed by atoms with Crippen LogP contribution in [-0.4, -0.2) is 13.2 Å². The van der Waals surface area contributed by atoms with Gasteiger partial charge in [-0.05, 0) is 18.2 Å². The third-order valence-corrected chi connectivity index (χ3v) is 4.32. The van der Waals surface area contributed by atoms with Crippen molar-refractivity contribution in [1.82, 2.24) is 0 Å². The van der Waals surface area contributed by atoms with Crippen LogP contribution in [0.15, 0.2) is 42.6 Å². The van der Waals surface area contributed by atoms with Crippen molar-refractivity contribution >= 4 is 23.2 Å². The summed E-state index contributed by atoms with van der Waals surface area (Å²) in [5, 5.41) is 1.12. The Bertz CT molecular complexity index is 654. The van der Waals surface area contributed by atoms with Gasteiger partial charge >= 0.3 is 0 Å². The first-order valence-corrected chi connectivity index (χ1v) is 7.55. The predicted octanol–water partition coefficient (Wildman–Crippen LogP) is 3.55. The molecule has 0 atom stereocenters. The molecule has 110 valence electrons. The van der Waals surface area contributed by atoms with Crippen molar-refractivity contribution in [2.24, 2.45) is 0 Å². The average Bonchev–Trinajstić information content (AvgIpc) is 2.91. The quantitative estimate of drug-likeness (QED) is 0.805. The first kappa shape index (κ1) is 14.8. The molecule has 2 heterocycles. The molecule has 0 spiro atoms. The Morgan fingerprint density at radius 2 is 1.86 bits per heavy atom. The molecule has 0 amide bonds. The van der Waals surface area contributed by atoms with Crippen molar-refractivity contribution in [2.45, 2.75) is 19.3 Å². The van der Waals surface area contributed by atoms with E-state index in [1.807, 2.05) is 49.5 Å². The number of rotatable bonds is 3. The number of hydrogen-bond acceptors (Lipinski definition) is 2. The van der Waals surface area contributed by atoms with Crippen LogP contribution in [0.25, 0.3) is 0 Å². The molecule has 0 bridgehead atoms. The van der Waals surface area contributed by atoms with Gasteiger partial charge in [-0.15, -0.1) is 0 Å². The summed E-state index contributed by atoms with van der Waals surface area (Å²) in [5.41, 5.74) is 2.05. The molecule has 2 aromatic rings. The van der Waals surface area contributed by atoms with Crippen LogP contribution in [0, 0.1) is 0 Å². The standard InChI is InChI=1S/C16H16Cl2NO2/c1-16(20-8-9-21-16)15-4-2-3-7-19(15)11-12-5-6-13(17)14(18)10-12/h2-7,10H,8-9,11H2,1H3/q+1. The second kappa shape index (κ2) is 5.93. The van der Waals surface area contributed by atoms with E-state index >= 15 is 0 Å². The fraction of sp³-hybridized carbons (Fsp3) is 0.312. The van der Waals surface area contributed by atoms with E-state index < -0.39 is 5.79 Å². The highest BCUT2D eigenvalue weighted by atomic mass is 35.5. The van der Waals surface area contributed by atoms with Gasteiger partial charge < -0.3 is 9.47 Å². The first-order valence-electron chi connectivity index (χ1n) is 6.79. The van der Waals surface area contributed by atoms with Crippen LogP contribution in [0.4, 0.5) is 0 Å². The van der Waals surface area contributed by atoms with Gasteiger partial charge in [0.15, 0.2) is 12.7 Å². The number of aromatic nitrogens is 1. The predicted molar refractivity (Wildman–Crippen MR) is 81.5 cm³/mol. The van der Waals surface area contributed by atoms with Crippen molar-refractivity contribution in [1.29, 1.82) is 0 Å². The zero-order chi connectivity index (χ0) is 14.9. The van der Waals surface area contributed by atoms with Gasteiger partial charge in [0.05, 0.1) is 23.3 Å². The molecule has 0 unspecified atom stereocenters. The Balaban J connectivity index is 1.93. The van der Waals surface area contributed by atoms with E-state index in [0.717, 1.165) is 11.3 Å². The summed E-state index contributed by atoms with van der Waals surface area (Å²) in [7, 11) is 0. The molecular weight excluding hydrogens is 309 g/mol. The Morgan fingerprint density at radius 1 is 1.10 bits per heavy atom. The lowest BCUT2D eigenvalue weighted by Crippen LogP contribution is -2.45. The maximum Gasteiger partial charge on any atom is 0.253 e. The van der Waals surface area contributed by atoms with Gasteiger partial charge in [-0.2, -0.15) is 4.57 Å². The summed E-state index contributed by atoms with van der Waals surface area (Å²) < 4.78 is 13.6. The highest BCUT2D eigenvalue weighted by Gasteiger charge is 2.40. The van der Waals surface area contributed by atoms with E-state index in [0.29, 0.717) is 29.8 Å². The number of pyridine rings is 1. The summed E-state index contributed by atoms with van der Waals surface area (Å²) in [4.78, 5) is 0. The number of ether oxygens (including phenoxy) is 2. The zero-order valence-corrected chi connectivity index (χ0v) is 13.2. The molecule has 0 saturated carbocycles. The maximum absolute atomic E-state index is 6.08. The first-order chi connectivity index (χ1) is 10.1. The van der Waals surface area contributed by atoms with Crippen LogP contribution < -0.4 is 4.57 Å². The second-order valence-corrected chi connectivity index (χ2v) is 5.92. The molecule has 1 saturated heterocycles. The molecule has 1 aliphatic heterocycles. The molecule has 5 heteroatoms. The van der Waals surface area contributed by atoms with E-state index in [1.54, 1.807) is 0 Å². The van der Waals surface area contributed by atoms with E-state index in [2.05, 4.69) is 4.57 Å². The molecule has 1 fully saturated rings. The average molecular weight is 325 g/mol. The maximum atomic E-state index is 6.08. The topological polar surface area (TPSA) is 22.3 Å². The molecule has 1 aromatic heterocycles. The van der Waals surface area contributed by atoms with Crippen molar-refractivity contribution in [3.63, 3.8) is 0 Å². The van der Waals surface area contributed by atoms with E-state index in [-0.39, 0.29) is 0 Å². The Morgan fingerprint density at radius 3 is 2.57 bits per heavy atom. The third-order valence-electron chi connectivity index (χ3n) is 3.58. The normalized spacial score (nSPS) is 17.1. The summed E-state index contributed by atoms with van der Waals surface area (Å²) in [5.74, 6) is -0.697. The highest BCUT2D eigenvalue weighted by Crippen LogP contribution is 2.28. The molecule has 0 aliphatic carbocycles. The molecule has 0 radical (unpaired) electrons. The molecule has 1 aliphatic rings. The Labute approximate surface area is 134 Å². The van der Waals surface area contributed by atoms with E-state index in [1.165, 1.54) is 0 Å². The van der Waals surface area contributed by atoms with Crippen LogP contribution in [0.1, 0.15) is 18.2 Å². The van der Waals surface area contributed by atoms with Gasteiger partial charge in [0.2, 0.25) is 5.69 Å². The minimum absolute atomic E-state index is 0.562. The number of halogens is 2. The van der Waals surface area contributed by atoms with Gasteiger partial charge in [-0.1, -0.05) is 29.3 Å². The van der Waals surface area contributed by atoms with Gasteiger partial charge in [0, 0.05) is 24.6 Å². The lowest BCUT2D eigenvalue weighted by Gasteiger charge is -2.20. The molecule has 0 N–H and O–H groups in total. The van der Waals surface area contributed by atoms with E-state index in [9.17, 15) is 0 Å². The molecule has 3 rings (SSSR count). The van der Waals surface area contributed by atoms with E-state index in [4.69, 9.17) is 32.7 Å². The minimum Gasteiger partial charge on any atom is -0.339 e. The minimum atomic E-state index is -0.697. The van der Waals surface area contributed by atoms with Crippen molar-refractivity contribution < 1.29 is 14.0 Å². The Kier molecular flexibility index (Phi) is 4.18. The zero-order valence-electron chi connectivity index (χ0n) is 11.7. The Hall–Kier alpha value is -1.13. The van der Waals surface area contributed by atoms with Gasteiger partial charge in [-0.25, -0.2) is 0 Å². The smallest absolute Gasteiger partial charge is 0.253 e. The lowest BCUT2D eigenvalue weighted by molar-refractivity contribution is -0.706. The molecule has 3 nitrogen and oxygen atoms in total. The molecule has 21 heavy (non-hydrogen) atoms. The monoisotopic (exact) mass is 324 g/mol. The fourth-order valence-electron chi connectivity index (χ4n) is 2.52. The largest absolute Gasteiger partial charge is 0.339 e. The van der Waals surface area contributed by atoms with Crippen LogP contribution in [-0.2, 0) is 21.8 Å². The number of nitrogens with zero attached hydrogens (tertiary/aromatic N) is 1. The van der Waals surface area contributed by atoms with Crippen molar-refractivity contribution in [3.05, 3.63) is 63.9 Å². The van der Waals surface area contributed by atoms with Crippen LogP contribution in [0.5, 0.6) is 0 Å². The SMILES string of the molecule is CC1(c2cccc[n+]2Cc2ccc(Cl)c(Cl)c2)OCCO1. The summed E-state index contributed by atoms with van der Waals surface area (Å²) in [6, 6.07) is 11.6. The second-order valence-electron chi connectivity index (χ2n) is 5.10. The summed E-state index contributed by atoms with van der Waals surface area (Å²) in [6.07, 6.45) is 2.01. The fourth-order valence-corrected chi connectivity index (χ4v) is 2.84. The lowest BCUT2D eigenvalue weighted by atomic mass is 10.1. The molecular formula is C16H16Cl2NO2+.